The average molecular weight is 333 g/mol. The maximum atomic E-state index is 5.50. The lowest BCUT2D eigenvalue weighted by Crippen LogP contribution is -2.08. The van der Waals surface area contributed by atoms with Crippen molar-refractivity contribution < 1.29 is 4.74 Å². The SMILES string of the molecule is COc1ccccc1-c1cnn2c(-n3nc(C)cc3C)cc(C)nc12. The molecule has 4 aromatic rings. The largest absolute Gasteiger partial charge is 0.496 e. The molecule has 0 radical (unpaired) electrons. The zero-order chi connectivity index (χ0) is 17.6. The van der Waals surface area contributed by atoms with E-state index in [1.54, 1.807) is 7.11 Å². The fraction of sp³-hybridized carbons (Fsp3) is 0.211. The number of fused-ring (bicyclic) bond motifs is 1. The minimum Gasteiger partial charge on any atom is -0.496 e. The maximum absolute atomic E-state index is 5.50. The van der Waals surface area contributed by atoms with Gasteiger partial charge in [0.1, 0.15) is 5.75 Å². The minimum absolute atomic E-state index is 0.784. The zero-order valence-corrected chi connectivity index (χ0v) is 14.7. The van der Waals surface area contributed by atoms with E-state index in [9.17, 15) is 0 Å². The lowest BCUT2D eigenvalue weighted by Gasteiger charge is -2.10. The number of para-hydroxylation sites is 1. The van der Waals surface area contributed by atoms with Crippen LogP contribution in [0.2, 0.25) is 0 Å². The van der Waals surface area contributed by atoms with Crippen molar-refractivity contribution in [3.05, 3.63) is 59.7 Å². The molecule has 0 unspecified atom stereocenters. The molecule has 0 spiro atoms. The molecule has 1 aromatic carbocycles. The molecule has 0 atom stereocenters. The second kappa shape index (κ2) is 5.73. The van der Waals surface area contributed by atoms with E-state index in [4.69, 9.17) is 9.72 Å². The summed E-state index contributed by atoms with van der Waals surface area (Å²) < 4.78 is 9.23. The summed E-state index contributed by atoms with van der Waals surface area (Å²) in [6, 6.07) is 11.9. The number of rotatable bonds is 3. The maximum Gasteiger partial charge on any atom is 0.165 e. The fourth-order valence-electron chi connectivity index (χ4n) is 3.13. The second-order valence-corrected chi connectivity index (χ2v) is 6.09. The Bertz CT molecular complexity index is 1080. The van der Waals surface area contributed by atoms with Crippen LogP contribution in [0.3, 0.4) is 0 Å². The third-order valence-corrected chi connectivity index (χ3v) is 4.20. The molecule has 0 fully saturated rings. The third kappa shape index (κ3) is 2.46. The molecule has 6 heteroatoms. The molecule has 0 amide bonds. The Balaban J connectivity index is 2.01. The van der Waals surface area contributed by atoms with Crippen LogP contribution in [0.25, 0.3) is 22.6 Å². The second-order valence-electron chi connectivity index (χ2n) is 6.09. The Hall–Kier alpha value is -3.15. The van der Waals surface area contributed by atoms with Gasteiger partial charge in [0.2, 0.25) is 0 Å². The van der Waals surface area contributed by atoms with Gasteiger partial charge in [-0.1, -0.05) is 18.2 Å². The van der Waals surface area contributed by atoms with Gasteiger partial charge in [-0.3, -0.25) is 0 Å². The van der Waals surface area contributed by atoms with Gasteiger partial charge in [0.25, 0.3) is 0 Å². The zero-order valence-electron chi connectivity index (χ0n) is 14.7. The first-order chi connectivity index (χ1) is 12.1. The van der Waals surface area contributed by atoms with E-state index in [0.717, 1.165) is 45.4 Å². The first kappa shape index (κ1) is 15.4. The molecular formula is C19H19N5O. The highest BCUT2D eigenvalue weighted by atomic mass is 16.5. The van der Waals surface area contributed by atoms with Crippen LogP contribution in [0.15, 0.2) is 42.6 Å². The molecule has 0 aliphatic rings. The molecule has 4 rings (SSSR count). The van der Waals surface area contributed by atoms with Crippen molar-refractivity contribution in [2.24, 2.45) is 0 Å². The van der Waals surface area contributed by atoms with Crippen LogP contribution in [-0.4, -0.2) is 31.5 Å². The van der Waals surface area contributed by atoms with E-state index in [-0.39, 0.29) is 0 Å². The minimum atomic E-state index is 0.784. The summed E-state index contributed by atoms with van der Waals surface area (Å²) in [7, 11) is 1.67. The number of aryl methyl sites for hydroxylation is 3. The summed E-state index contributed by atoms with van der Waals surface area (Å²) in [6.07, 6.45) is 1.83. The molecule has 0 saturated heterocycles. The summed E-state index contributed by atoms with van der Waals surface area (Å²) >= 11 is 0. The Morgan fingerprint density at radius 2 is 1.76 bits per heavy atom. The Morgan fingerprint density at radius 3 is 2.48 bits per heavy atom. The van der Waals surface area contributed by atoms with Crippen LogP contribution in [0.4, 0.5) is 0 Å². The van der Waals surface area contributed by atoms with Gasteiger partial charge in [-0.25, -0.2) is 9.67 Å². The molecule has 0 aliphatic carbocycles. The predicted octanol–water partition coefficient (Wildman–Crippen LogP) is 3.52. The lowest BCUT2D eigenvalue weighted by molar-refractivity contribution is 0.416. The van der Waals surface area contributed by atoms with Crippen molar-refractivity contribution >= 4 is 5.65 Å². The summed E-state index contributed by atoms with van der Waals surface area (Å²) in [5.74, 6) is 1.67. The van der Waals surface area contributed by atoms with Gasteiger partial charge in [-0.05, 0) is 32.9 Å². The van der Waals surface area contributed by atoms with E-state index >= 15 is 0 Å². The molecule has 0 N–H and O–H groups in total. The number of hydrogen-bond acceptors (Lipinski definition) is 4. The van der Waals surface area contributed by atoms with Crippen molar-refractivity contribution in [3.63, 3.8) is 0 Å². The standard InChI is InChI=1S/C19H19N5O/c1-12-10-18(23-14(3)9-13(2)22-23)24-19(21-12)16(11-20-24)15-7-5-6-8-17(15)25-4/h5-11H,1-4H3. The topological polar surface area (TPSA) is 57.2 Å². The van der Waals surface area contributed by atoms with Crippen LogP contribution < -0.4 is 4.74 Å². The number of methoxy groups -OCH3 is 1. The summed E-state index contributed by atoms with van der Waals surface area (Å²) in [5, 5.41) is 9.17. The number of aromatic nitrogens is 5. The molecule has 0 saturated carbocycles. The molecule has 3 heterocycles. The number of hydrogen-bond donors (Lipinski definition) is 0. The highest BCUT2D eigenvalue weighted by Gasteiger charge is 2.17. The number of nitrogens with zero attached hydrogens (tertiary/aromatic N) is 5. The Kier molecular flexibility index (Phi) is 3.53. The molecule has 126 valence electrons. The highest BCUT2D eigenvalue weighted by molar-refractivity contribution is 5.81. The molecule has 25 heavy (non-hydrogen) atoms. The van der Waals surface area contributed by atoms with Gasteiger partial charge in [0, 0.05) is 23.0 Å². The van der Waals surface area contributed by atoms with Gasteiger partial charge in [-0.2, -0.15) is 14.7 Å². The van der Waals surface area contributed by atoms with Crippen LogP contribution >= 0.6 is 0 Å². The fourth-order valence-corrected chi connectivity index (χ4v) is 3.13. The first-order valence-corrected chi connectivity index (χ1v) is 8.11. The third-order valence-electron chi connectivity index (χ3n) is 4.20. The van der Waals surface area contributed by atoms with E-state index in [1.807, 2.05) is 72.6 Å². The smallest absolute Gasteiger partial charge is 0.165 e. The number of benzene rings is 1. The van der Waals surface area contributed by atoms with Crippen molar-refractivity contribution in [2.75, 3.05) is 7.11 Å². The molecule has 0 aliphatic heterocycles. The molecule has 0 bridgehead atoms. The summed E-state index contributed by atoms with van der Waals surface area (Å²) in [5.41, 5.74) is 5.62. The van der Waals surface area contributed by atoms with Gasteiger partial charge < -0.3 is 4.74 Å². The van der Waals surface area contributed by atoms with Crippen LogP contribution in [0.1, 0.15) is 17.1 Å². The van der Waals surface area contributed by atoms with Crippen molar-refractivity contribution in [2.45, 2.75) is 20.8 Å². The Labute approximate surface area is 145 Å². The van der Waals surface area contributed by atoms with Crippen molar-refractivity contribution in [1.29, 1.82) is 0 Å². The normalized spacial score (nSPS) is 11.2. The van der Waals surface area contributed by atoms with Crippen LogP contribution in [0.5, 0.6) is 5.75 Å². The molecule has 6 nitrogen and oxygen atoms in total. The average Bonchev–Trinajstić information content (AvgIpc) is 3.16. The summed E-state index contributed by atoms with van der Waals surface area (Å²) in [4.78, 5) is 4.71. The van der Waals surface area contributed by atoms with Gasteiger partial charge in [0.15, 0.2) is 11.5 Å². The van der Waals surface area contributed by atoms with E-state index in [2.05, 4.69) is 10.2 Å². The lowest BCUT2D eigenvalue weighted by atomic mass is 10.1. The predicted molar refractivity (Wildman–Crippen MR) is 96.3 cm³/mol. The monoisotopic (exact) mass is 333 g/mol. The van der Waals surface area contributed by atoms with E-state index < -0.39 is 0 Å². The van der Waals surface area contributed by atoms with Crippen LogP contribution in [0, 0.1) is 20.8 Å². The van der Waals surface area contributed by atoms with E-state index in [0.29, 0.717) is 0 Å². The van der Waals surface area contributed by atoms with Gasteiger partial charge in [-0.15, -0.1) is 0 Å². The van der Waals surface area contributed by atoms with Crippen LogP contribution in [-0.2, 0) is 0 Å². The number of ether oxygens (including phenoxy) is 1. The quantitative estimate of drug-likeness (QED) is 0.576. The van der Waals surface area contributed by atoms with E-state index in [1.165, 1.54) is 0 Å². The van der Waals surface area contributed by atoms with Crippen molar-refractivity contribution in [3.8, 4) is 22.7 Å². The molecular weight excluding hydrogens is 314 g/mol. The van der Waals surface area contributed by atoms with Gasteiger partial charge >= 0.3 is 0 Å². The molecule has 3 aromatic heterocycles. The first-order valence-electron chi connectivity index (χ1n) is 8.11. The highest BCUT2D eigenvalue weighted by Crippen LogP contribution is 2.32. The van der Waals surface area contributed by atoms with Crippen molar-refractivity contribution in [1.82, 2.24) is 24.4 Å². The Morgan fingerprint density at radius 1 is 0.960 bits per heavy atom. The van der Waals surface area contributed by atoms with Gasteiger partial charge in [0.05, 0.1) is 24.6 Å². The summed E-state index contributed by atoms with van der Waals surface area (Å²) in [6.45, 7) is 6.00.